The van der Waals surface area contributed by atoms with Crippen LogP contribution < -0.4 is 5.73 Å². The van der Waals surface area contributed by atoms with Gasteiger partial charge in [-0.05, 0) is 24.6 Å². The number of hydrogen-bond donors (Lipinski definition) is 2. The molecule has 3 N–H and O–H groups in total. The van der Waals surface area contributed by atoms with Crippen molar-refractivity contribution in [3.63, 3.8) is 0 Å². The van der Waals surface area contributed by atoms with Crippen molar-refractivity contribution < 1.29 is 8.78 Å². The number of aromatic amines is 1. The molecule has 2 aromatic carbocycles. The molecule has 0 aliphatic rings. The zero-order valence-electron chi connectivity index (χ0n) is 11.3. The van der Waals surface area contributed by atoms with E-state index in [1.165, 1.54) is 18.2 Å². The highest BCUT2D eigenvalue weighted by molar-refractivity contribution is 5.88. The zero-order valence-corrected chi connectivity index (χ0v) is 11.3. The Bertz CT molecular complexity index is 789. The minimum Gasteiger partial charge on any atom is -0.382 e. The van der Waals surface area contributed by atoms with Crippen LogP contribution in [0.5, 0.6) is 0 Å². The van der Waals surface area contributed by atoms with E-state index in [1.54, 1.807) is 0 Å². The summed E-state index contributed by atoms with van der Waals surface area (Å²) in [7, 11) is 0. The number of aromatic nitrogens is 2. The number of benzene rings is 2. The third-order valence-corrected chi connectivity index (χ3v) is 3.31. The summed E-state index contributed by atoms with van der Waals surface area (Å²) in [6.07, 6.45) is 0. The van der Waals surface area contributed by atoms with E-state index in [4.69, 9.17) is 5.73 Å². The van der Waals surface area contributed by atoms with Gasteiger partial charge in [-0.25, -0.2) is 8.78 Å². The first-order valence-electron chi connectivity index (χ1n) is 6.43. The van der Waals surface area contributed by atoms with Crippen LogP contribution in [0.15, 0.2) is 42.5 Å². The summed E-state index contributed by atoms with van der Waals surface area (Å²) in [6, 6.07) is 11.2. The Morgan fingerprint density at radius 2 is 1.67 bits per heavy atom. The molecule has 3 rings (SSSR count). The molecule has 1 aromatic heterocycles. The lowest BCUT2D eigenvalue weighted by molar-refractivity contribution is 0.588. The molecule has 3 aromatic rings. The van der Waals surface area contributed by atoms with Gasteiger partial charge < -0.3 is 5.73 Å². The average Bonchev–Trinajstić information content (AvgIpc) is 2.80. The first-order valence-corrected chi connectivity index (χ1v) is 6.43. The van der Waals surface area contributed by atoms with E-state index >= 15 is 0 Å². The number of nitrogens with two attached hydrogens (primary N) is 1. The number of aryl methyl sites for hydroxylation is 1. The minimum atomic E-state index is -0.660. The second-order valence-electron chi connectivity index (χ2n) is 4.82. The summed E-state index contributed by atoms with van der Waals surface area (Å²) < 4.78 is 28.0. The largest absolute Gasteiger partial charge is 0.382 e. The van der Waals surface area contributed by atoms with Crippen molar-refractivity contribution in [2.45, 2.75) is 6.92 Å². The predicted octanol–water partition coefficient (Wildman–Crippen LogP) is 3.91. The topological polar surface area (TPSA) is 54.7 Å². The van der Waals surface area contributed by atoms with E-state index in [9.17, 15) is 8.78 Å². The molecule has 1 heterocycles. The van der Waals surface area contributed by atoms with Crippen LogP contribution in [0.25, 0.3) is 22.4 Å². The Kier molecular flexibility index (Phi) is 3.17. The highest BCUT2D eigenvalue weighted by atomic mass is 19.1. The van der Waals surface area contributed by atoms with Crippen LogP contribution in [-0.4, -0.2) is 10.2 Å². The normalized spacial score (nSPS) is 10.8. The molecule has 0 spiro atoms. The fraction of sp³-hybridized carbons (Fsp3) is 0.0625. The van der Waals surface area contributed by atoms with Crippen molar-refractivity contribution in [1.29, 1.82) is 0 Å². The minimum absolute atomic E-state index is 0.154. The molecule has 0 fully saturated rings. The zero-order chi connectivity index (χ0) is 15.0. The summed E-state index contributed by atoms with van der Waals surface area (Å²) in [5, 5.41) is 6.54. The van der Waals surface area contributed by atoms with Gasteiger partial charge in [0.1, 0.15) is 11.6 Å². The molecule has 0 saturated carbocycles. The van der Waals surface area contributed by atoms with Crippen molar-refractivity contribution >= 4 is 5.82 Å². The maximum Gasteiger partial charge on any atom is 0.153 e. The van der Waals surface area contributed by atoms with Gasteiger partial charge in [-0.1, -0.05) is 35.9 Å². The molecule has 0 amide bonds. The number of nitrogens with one attached hydrogen (secondary N) is 1. The number of hydrogen-bond acceptors (Lipinski definition) is 2. The fourth-order valence-corrected chi connectivity index (χ4v) is 2.37. The summed E-state index contributed by atoms with van der Waals surface area (Å²) in [6.45, 7) is 1.93. The van der Waals surface area contributed by atoms with Gasteiger partial charge in [0.05, 0.1) is 16.8 Å². The Morgan fingerprint density at radius 3 is 2.33 bits per heavy atom. The third-order valence-electron chi connectivity index (χ3n) is 3.31. The molecule has 0 aliphatic carbocycles. The van der Waals surface area contributed by atoms with Gasteiger partial charge in [0.15, 0.2) is 5.82 Å². The molecule has 5 heteroatoms. The number of rotatable bonds is 2. The van der Waals surface area contributed by atoms with Crippen LogP contribution in [0, 0.1) is 18.6 Å². The van der Waals surface area contributed by atoms with E-state index < -0.39 is 11.6 Å². The van der Waals surface area contributed by atoms with Crippen LogP contribution in [0.1, 0.15) is 5.56 Å². The Balaban J connectivity index is 2.27. The summed E-state index contributed by atoms with van der Waals surface area (Å²) in [4.78, 5) is 0. The first kappa shape index (κ1) is 13.3. The van der Waals surface area contributed by atoms with Crippen LogP contribution in [0.2, 0.25) is 0 Å². The predicted molar refractivity (Wildman–Crippen MR) is 78.5 cm³/mol. The Hall–Kier alpha value is -2.69. The lowest BCUT2D eigenvalue weighted by Crippen LogP contribution is -1.93. The van der Waals surface area contributed by atoms with Gasteiger partial charge in [-0.3, -0.25) is 5.10 Å². The van der Waals surface area contributed by atoms with Crippen LogP contribution in [-0.2, 0) is 0 Å². The number of halogens is 2. The summed E-state index contributed by atoms with van der Waals surface area (Å²) in [5.74, 6) is -1.11. The van der Waals surface area contributed by atoms with Gasteiger partial charge in [0, 0.05) is 0 Å². The fourth-order valence-electron chi connectivity index (χ4n) is 2.37. The van der Waals surface area contributed by atoms with Gasteiger partial charge in [-0.15, -0.1) is 0 Å². The standard InChI is InChI=1S/C16H13F2N3/c1-9-4-2-5-10(8-9)13-15(20-21-16(13)19)14-11(17)6-3-7-12(14)18/h2-8H,1H3,(H3,19,20,21). The maximum atomic E-state index is 14.0. The van der Waals surface area contributed by atoms with Crippen molar-refractivity contribution in [1.82, 2.24) is 10.2 Å². The number of nitrogens with zero attached hydrogens (tertiary/aromatic N) is 1. The molecule has 0 bridgehead atoms. The van der Waals surface area contributed by atoms with Gasteiger partial charge >= 0.3 is 0 Å². The van der Waals surface area contributed by atoms with E-state index in [1.807, 2.05) is 31.2 Å². The number of nitrogen functional groups attached to an aromatic ring is 1. The van der Waals surface area contributed by atoms with Gasteiger partial charge in [-0.2, -0.15) is 5.10 Å². The van der Waals surface area contributed by atoms with Crippen LogP contribution >= 0.6 is 0 Å². The molecule has 21 heavy (non-hydrogen) atoms. The molecule has 0 saturated heterocycles. The summed E-state index contributed by atoms with van der Waals surface area (Å²) in [5.41, 5.74) is 8.25. The molecule has 106 valence electrons. The second-order valence-corrected chi connectivity index (χ2v) is 4.82. The number of H-pyrrole nitrogens is 1. The smallest absolute Gasteiger partial charge is 0.153 e. The third kappa shape index (κ3) is 2.27. The van der Waals surface area contributed by atoms with Crippen molar-refractivity contribution in [2.24, 2.45) is 0 Å². The molecular weight excluding hydrogens is 272 g/mol. The van der Waals surface area contributed by atoms with Crippen molar-refractivity contribution in [3.05, 3.63) is 59.7 Å². The summed E-state index contributed by atoms with van der Waals surface area (Å²) >= 11 is 0. The molecule has 3 nitrogen and oxygen atoms in total. The van der Waals surface area contributed by atoms with Crippen LogP contribution in [0.3, 0.4) is 0 Å². The molecule has 0 radical (unpaired) electrons. The second kappa shape index (κ2) is 5.01. The van der Waals surface area contributed by atoms with Gasteiger partial charge in [0.2, 0.25) is 0 Å². The average molecular weight is 285 g/mol. The van der Waals surface area contributed by atoms with E-state index in [0.29, 0.717) is 5.56 Å². The van der Waals surface area contributed by atoms with Gasteiger partial charge in [0.25, 0.3) is 0 Å². The Morgan fingerprint density at radius 1 is 1.00 bits per heavy atom. The lowest BCUT2D eigenvalue weighted by atomic mass is 9.99. The lowest BCUT2D eigenvalue weighted by Gasteiger charge is -2.07. The highest BCUT2D eigenvalue weighted by Gasteiger charge is 2.20. The number of anilines is 1. The first-order chi connectivity index (χ1) is 10.1. The van der Waals surface area contributed by atoms with E-state index in [-0.39, 0.29) is 17.1 Å². The van der Waals surface area contributed by atoms with Crippen molar-refractivity contribution in [2.75, 3.05) is 5.73 Å². The van der Waals surface area contributed by atoms with E-state index in [2.05, 4.69) is 10.2 Å². The molecular formula is C16H13F2N3. The highest BCUT2D eigenvalue weighted by Crippen LogP contribution is 2.37. The monoisotopic (exact) mass is 285 g/mol. The SMILES string of the molecule is Cc1cccc(-c2c(N)n[nH]c2-c2c(F)cccc2F)c1. The molecule has 0 atom stereocenters. The van der Waals surface area contributed by atoms with E-state index in [0.717, 1.165) is 11.1 Å². The maximum absolute atomic E-state index is 14.0. The quantitative estimate of drug-likeness (QED) is 0.750. The van der Waals surface area contributed by atoms with Crippen molar-refractivity contribution in [3.8, 4) is 22.4 Å². The molecule has 0 aliphatic heterocycles. The Labute approximate surface area is 120 Å². The molecule has 0 unspecified atom stereocenters. The van der Waals surface area contributed by atoms with Crippen LogP contribution in [0.4, 0.5) is 14.6 Å².